The molecule has 16 heavy (non-hydrogen) atoms. The highest BCUT2D eigenvalue weighted by molar-refractivity contribution is 5.94. The van der Waals surface area contributed by atoms with Crippen molar-refractivity contribution < 1.29 is 11.0 Å². The minimum atomic E-state index is -0.202. The summed E-state index contributed by atoms with van der Waals surface area (Å²) in [5, 5.41) is 0. The highest BCUT2D eigenvalue weighted by Gasteiger charge is 2.29. The Kier molecular flexibility index (Phi) is 2.68. The van der Waals surface area contributed by atoms with Crippen LogP contribution in [-0.2, 0) is 16.1 Å². The zero-order valence-corrected chi connectivity index (χ0v) is 9.27. The van der Waals surface area contributed by atoms with Crippen molar-refractivity contribution in [2.45, 2.75) is 19.9 Å². The first kappa shape index (κ1) is 9.58. The molecule has 1 aromatic rings. The first-order valence-corrected chi connectivity index (χ1v) is 5.42. The van der Waals surface area contributed by atoms with Gasteiger partial charge in [0.1, 0.15) is 0 Å². The molecular formula is C13H15NO2. The largest absolute Gasteiger partial charge is 0.331 e. The number of benzene rings is 1. The summed E-state index contributed by atoms with van der Waals surface area (Å²) in [4.78, 5) is 24.9. The number of rotatable bonds is 2. The number of hydrogen-bond acceptors (Lipinski definition) is 2. The summed E-state index contributed by atoms with van der Waals surface area (Å²) >= 11 is 0. The average molecular weight is 218 g/mol. The maximum absolute atomic E-state index is 11.9. The van der Waals surface area contributed by atoms with Crippen molar-refractivity contribution in [3.8, 4) is 0 Å². The molecule has 1 atom stereocenters. The van der Waals surface area contributed by atoms with E-state index < -0.39 is 0 Å². The second-order valence-corrected chi connectivity index (χ2v) is 4.25. The molecule has 0 aromatic heterocycles. The summed E-state index contributed by atoms with van der Waals surface area (Å²) in [7, 11) is 0. The van der Waals surface area contributed by atoms with Gasteiger partial charge in [0, 0.05) is 18.9 Å². The van der Waals surface area contributed by atoms with Gasteiger partial charge in [0.25, 0.3) is 0 Å². The summed E-state index contributed by atoms with van der Waals surface area (Å²) in [6.07, 6.45) is 0.362. The molecule has 0 saturated carbocycles. The number of hydrogen-bond donors (Lipinski definition) is 0. The predicted octanol–water partition coefficient (Wildman–Crippen LogP) is 1.62. The van der Waals surface area contributed by atoms with E-state index >= 15 is 0 Å². The fraction of sp³-hybridized carbons (Fsp3) is 0.385. The molecule has 1 aliphatic heterocycles. The zero-order valence-electron chi connectivity index (χ0n) is 10.3. The number of amides is 1. The topological polar surface area (TPSA) is 37.4 Å². The number of carbonyl (C=O) groups is 2. The highest BCUT2D eigenvalue weighted by Crippen LogP contribution is 2.17. The fourth-order valence-corrected chi connectivity index (χ4v) is 1.98. The van der Waals surface area contributed by atoms with E-state index in [1.165, 1.54) is 0 Å². The van der Waals surface area contributed by atoms with Crippen molar-refractivity contribution in [3.63, 3.8) is 0 Å². The summed E-state index contributed by atoms with van der Waals surface area (Å²) in [5.74, 6) is -0.0412. The maximum atomic E-state index is 11.9. The molecule has 1 aromatic carbocycles. The first-order valence-electron chi connectivity index (χ1n) is 5.92. The van der Waals surface area contributed by atoms with Gasteiger partial charge in [-0.2, -0.15) is 0 Å². The first-order chi connectivity index (χ1) is 8.06. The molecule has 1 heterocycles. The highest BCUT2D eigenvalue weighted by atomic mass is 16.2. The number of carbonyl (C=O) groups excluding carboxylic acids is 2. The maximum Gasteiger partial charge on any atom is 0.226 e. The Hall–Kier alpha value is -1.64. The van der Waals surface area contributed by atoms with Crippen LogP contribution in [0.25, 0.3) is 0 Å². The second kappa shape index (κ2) is 4.47. The minimum Gasteiger partial charge on any atom is -0.331 e. The van der Waals surface area contributed by atoms with Crippen molar-refractivity contribution in [2.75, 3.05) is 6.54 Å². The summed E-state index contributed by atoms with van der Waals surface area (Å²) in [6.45, 7) is 2.46. The lowest BCUT2D eigenvalue weighted by Crippen LogP contribution is -2.44. The van der Waals surface area contributed by atoms with Crippen molar-refractivity contribution in [2.24, 2.45) is 5.92 Å². The van der Waals surface area contributed by atoms with E-state index in [0.29, 0.717) is 19.0 Å². The number of likely N-dealkylation sites (tertiary alicyclic amines) is 1. The summed E-state index contributed by atoms with van der Waals surface area (Å²) in [6, 6.07) is 7.46. The Labute approximate surface area is 96.5 Å². The number of piperidine rings is 1. The van der Waals surface area contributed by atoms with Gasteiger partial charge < -0.3 is 4.90 Å². The monoisotopic (exact) mass is 218 g/mol. The van der Waals surface area contributed by atoms with Crippen LogP contribution in [0.1, 0.15) is 20.3 Å². The molecular weight excluding hydrogens is 202 g/mol. The van der Waals surface area contributed by atoms with Gasteiger partial charge in [-0.1, -0.05) is 37.2 Å². The van der Waals surface area contributed by atoms with Crippen LogP contribution in [0.4, 0.5) is 0 Å². The van der Waals surface area contributed by atoms with Crippen LogP contribution in [0.15, 0.2) is 30.3 Å². The van der Waals surface area contributed by atoms with E-state index in [2.05, 4.69) is 0 Å². The van der Waals surface area contributed by atoms with Crippen molar-refractivity contribution >= 4 is 11.7 Å². The fourth-order valence-electron chi connectivity index (χ4n) is 1.98. The molecule has 84 valence electrons. The average Bonchev–Trinajstić information content (AvgIpc) is 2.28. The minimum absolute atomic E-state index is 0.0413. The van der Waals surface area contributed by atoms with Gasteiger partial charge in [-0.05, 0) is 5.56 Å². The summed E-state index contributed by atoms with van der Waals surface area (Å²) < 4.78 is 7.38. The molecule has 0 N–H and O–H groups in total. The number of nitrogens with zero attached hydrogens (tertiary/aromatic N) is 1. The van der Waals surface area contributed by atoms with E-state index in [9.17, 15) is 9.59 Å². The van der Waals surface area contributed by atoms with Crippen LogP contribution in [0.5, 0.6) is 0 Å². The molecule has 3 nitrogen and oxygen atoms in total. The smallest absolute Gasteiger partial charge is 0.226 e. The standard InChI is InChI=1S/C13H15NO2/c1-10-7-12(15)9-14(13(10)16)8-11-5-3-2-4-6-11/h2-6,10H,7-9H2,1H3/i2D. The van der Waals surface area contributed by atoms with Gasteiger partial charge in [0.15, 0.2) is 5.78 Å². The van der Waals surface area contributed by atoms with E-state index in [1.54, 1.807) is 24.0 Å². The quantitative estimate of drug-likeness (QED) is 0.756. The van der Waals surface area contributed by atoms with E-state index in [-0.39, 0.29) is 24.2 Å². The van der Waals surface area contributed by atoms with E-state index in [4.69, 9.17) is 1.37 Å². The Morgan fingerprint density at radius 3 is 2.81 bits per heavy atom. The van der Waals surface area contributed by atoms with Gasteiger partial charge in [0.2, 0.25) is 5.91 Å². The van der Waals surface area contributed by atoms with Crippen LogP contribution in [0, 0.1) is 5.92 Å². The molecule has 0 radical (unpaired) electrons. The Morgan fingerprint density at radius 2 is 2.12 bits per heavy atom. The third-order valence-corrected chi connectivity index (χ3v) is 2.80. The molecule has 1 aliphatic rings. The van der Waals surface area contributed by atoms with Crippen molar-refractivity contribution in [1.29, 1.82) is 0 Å². The van der Waals surface area contributed by atoms with Gasteiger partial charge in [-0.25, -0.2) is 0 Å². The van der Waals surface area contributed by atoms with Gasteiger partial charge >= 0.3 is 0 Å². The van der Waals surface area contributed by atoms with E-state index in [0.717, 1.165) is 5.56 Å². The van der Waals surface area contributed by atoms with Gasteiger partial charge in [-0.3, -0.25) is 9.59 Å². The van der Waals surface area contributed by atoms with Crippen LogP contribution in [0.3, 0.4) is 0 Å². The molecule has 1 unspecified atom stereocenters. The van der Waals surface area contributed by atoms with Crippen molar-refractivity contribution in [3.05, 3.63) is 35.9 Å². The van der Waals surface area contributed by atoms with Crippen LogP contribution < -0.4 is 0 Å². The molecule has 1 amide bonds. The lowest BCUT2D eigenvalue weighted by Gasteiger charge is -2.29. The Bertz CT molecular complexity index is 441. The Morgan fingerprint density at radius 1 is 1.44 bits per heavy atom. The molecule has 1 saturated heterocycles. The normalized spacial score (nSPS) is 22.2. The second-order valence-electron chi connectivity index (χ2n) is 4.25. The molecule has 1 fully saturated rings. The molecule has 0 aliphatic carbocycles. The third kappa shape index (κ3) is 2.30. The Balaban J connectivity index is 2.09. The van der Waals surface area contributed by atoms with Crippen molar-refractivity contribution in [1.82, 2.24) is 4.90 Å². The molecule has 0 bridgehead atoms. The van der Waals surface area contributed by atoms with Crippen LogP contribution in [-0.4, -0.2) is 23.1 Å². The van der Waals surface area contributed by atoms with Crippen LogP contribution >= 0.6 is 0 Å². The third-order valence-electron chi connectivity index (χ3n) is 2.80. The SMILES string of the molecule is [2H]c1ccc(CN2CC(=O)CC(C)C2=O)cc1. The predicted molar refractivity (Wildman–Crippen MR) is 60.6 cm³/mol. The molecule has 3 heteroatoms. The molecule has 2 rings (SSSR count). The summed E-state index contributed by atoms with van der Waals surface area (Å²) in [5.41, 5.74) is 0.955. The number of ketones is 1. The van der Waals surface area contributed by atoms with Crippen LogP contribution in [0.2, 0.25) is 0 Å². The van der Waals surface area contributed by atoms with Gasteiger partial charge in [-0.15, -0.1) is 0 Å². The molecule has 0 spiro atoms. The number of Topliss-reactive ketones (excluding diaryl/α,β-unsaturated/α-hetero) is 1. The lowest BCUT2D eigenvalue weighted by atomic mass is 9.97. The van der Waals surface area contributed by atoms with E-state index in [1.807, 2.05) is 12.1 Å². The zero-order chi connectivity index (χ0) is 12.4. The van der Waals surface area contributed by atoms with Gasteiger partial charge in [0.05, 0.1) is 7.92 Å². The lowest BCUT2D eigenvalue weighted by molar-refractivity contribution is -0.145.